The Hall–Kier alpha value is -1.92. The van der Waals surface area contributed by atoms with E-state index in [9.17, 15) is 12.8 Å². The summed E-state index contributed by atoms with van der Waals surface area (Å²) in [7, 11) is -3.77. The molecule has 1 unspecified atom stereocenters. The van der Waals surface area contributed by atoms with Crippen LogP contribution in [0.1, 0.15) is 24.1 Å². The molecule has 0 spiro atoms. The third-order valence-electron chi connectivity index (χ3n) is 3.32. The molecular formula is C15H17FN2O2S. The summed E-state index contributed by atoms with van der Waals surface area (Å²) in [5.74, 6) is -0.447. The molecule has 0 aliphatic carbocycles. The number of hydrogen-bond acceptors (Lipinski definition) is 3. The van der Waals surface area contributed by atoms with Crippen LogP contribution in [0, 0.1) is 12.7 Å². The predicted molar refractivity (Wildman–Crippen MR) is 80.7 cm³/mol. The summed E-state index contributed by atoms with van der Waals surface area (Å²) in [5.41, 5.74) is 6.90. The van der Waals surface area contributed by atoms with Crippen LogP contribution < -0.4 is 10.5 Å². The molecule has 4 nitrogen and oxygen atoms in total. The van der Waals surface area contributed by atoms with E-state index in [1.165, 1.54) is 12.1 Å². The van der Waals surface area contributed by atoms with Gasteiger partial charge in [0.25, 0.3) is 0 Å². The molecule has 3 N–H and O–H groups in total. The minimum atomic E-state index is -3.77. The summed E-state index contributed by atoms with van der Waals surface area (Å²) < 4.78 is 41.0. The minimum absolute atomic E-state index is 0.102. The van der Waals surface area contributed by atoms with Crippen LogP contribution in [0.25, 0.3) is 0 Å². The monoisotopic (exact) mass is 308 g/mol. The Labute approximate surface area is 123 Å². The van der Waals surface area contributed by atoms with Gasteiger partial charge in [0, 0.05) is 17.3 Å². The van der Waals surface area contributed by atoms with E-state index in [1.807, 2.05) is 0 Å². The average Bonchev–Trinajstić information content (AvgIpc) is 2.41. The van der Waals surface area contributed by atoms with Crippen molar-refractivity contribution in [2.75, 3.05) is 5.73 Å². The zero-order valence-electron chi connectivity index (χ0n) is 11.8. The van der Waals surface area contributed by atoms with Crippen molar-refractivity contribution in [3.8, 4) is 0 Å². The maximum atomic E-state index is 13.7. The van der Waals surface area contributed by atoms with Gasteiger partial charge >= 0.3 is 0 Å². The molecule has 6 heteroatoms. The van der Waals surface area contributed by atoms with Crippen LogP contribution in [0.2, 0.25) is 0 Å². The number of nitrogens with two attached hydrogens (primary N) is 1. The summed E-state index contributed by atoms with van der Waals surface area (Å²) in [6, 6.07) is 10.1. The van der Waals surface area contributed by atoms with Crippen LogP contribution in [0.15, 0.2) is 47.4 Å². The lowest BCUT2D eigenvalue weighted by Crippen LogP contribution is -2.28. The van der Waals surface area contributed by atoms with Crippen LogP contribution in [-0.4, -0.2) is 8.42 Å². The smallest absolute Gasteiger partial charge is 0.241 e. The van der Waals surface area contributed by atoms with Crippen molar-refractivity contribution in [3.05, 3.63) is 59.4 Å². The number of sulfonamides is 1. The standard InChI is InChI=1S/C15H17FN2O2S/c1-10-14(17)8-5-9-15(10)21(19,20)18-11(2)12-6-3-4-7-13(12)16/h3-9,11,18H,17H2,1-2H3. The van der Waals surface area contributed by atoms with E-state index >= 15 is 0 Å². The lowest BCUT2D eigenvalue weighted by atomic mass is 10.1. The highest BCUT2D eigenvalue weighted by Gasteiger charge is 2.22. The van der Waals surface area contributed by atoms with Crippen molar-refractivity contribution in [3.63, 3.8) is 0 Å². The highest BCUT2D eigenvalue weighted by molar-refractivity contribution is 7.89. The third kappa shape index (κ3) is 3.22. The van der Waals surface area contributed by atoms with Crippen molar-refractivity contribution < 1.29 is 12.8 Å². The molecular weight excluding hydrogens is 291 g/mol. The van der Waals surface area contributed by atoms with Crippen molar-refractivity contribution in [2.45, 2.75) is 24.8 Å². The quantitative estimate of drug-likeness (QED) is 0.853. The molecule has 0 aromatic heterocycles. The van der Waals surface area contributed by atoms with E-state index in [1.54, 1.807) is 44.2 Å². The van der Waals surface area contributed by atoms with Gasteiger partial charge in [0.1, 0.15) is 5.82 Å². The second-order valence-electron chi connectivity index (χ2n) is 4.83. The van der Waals surface area contributed by atoms with E-state index in [2.05, 4.69) is 4.72 Å². The molecule has 0 aliphatic heterocycles. The van der Waals surface area contributed by atoms with Gasteiger partial charge in [-0.2, -0.15) is 0 Å². The number of nitrogen functional groups attached to an aromatic ring is 1. The first-order valence-corrected chi connectivity index (χ1v) is 7.93. The Morgan fingerprint density at radius 3 is 2.48 bits per heavy atom. The van der Waals surface area contributed by atoms with Gasteiger partial charge in [-0.15, -0.1) is 0 Å². The van der Waals surface area contributed by atoms with Crippen LogP contribution in [0.4, 0.5) is 10.1 Å². The van der Waals surface area contributed by atoms with E-state index in [0.29, 0.717) is 16.8 Å². The fourth-order valence-electron chi connectivity index (χ4n) is 2.11. The van der Waals surface area contributed by atoms with E-state index in [0.717, 1.165) is 0 Å². The third-order valence-corrected chi connectivity index (χ3v) is 5.00. The summed E-state index contributed by atoms with van der Waals surface area (Å²) in [4.78, 5) is 0.102. The summed E-state index contributed by atoms with van der Waals surface area (Å²) in [6.45, 7) is 3.23. The number of halogens is 1. The van der Waals surface area contributed by atoms with Crippen molar-refractivity contribution in [1.82, 2.24) is 4.72 Å². The van der Waals surface area contributed by atoms with Crippen molar-refractivity contribution in [2.24, 2.45) is 0 Å². The second kappa shape index (κ2) is 5.83. The Morgan fingerprint density at radius 1 is 1.14 bits per heavy atom. The van der Waals surface area contributed by atoms with E-state index in [-0.39, 0.29) is 4.90 Å². The maximum Gasteiger partial charge on any atom is 0.241 e. The van der Waals surface area contributed by atoms with E-state index < -0.39 is 21.9 Å². The zero-order chi connectivity index (χ0) is 15.6. The van der Waals surface area contributed by atoms with Gasteiger partial charge in [-0.3, -0.25) is 0 Å². The molecule has 0 radical (unpaired) electrons. The van der Waals surface area contributed by atoms with Gasteiger partial charge in [0.2, 0.25) is 10.0 Å². The highest BCUT2D eigenvalue weighted by atomic mass is 32.2. The molecule has 0 saturated carbocycles. The molecule has 0 aliphatic rings. The molecule has 2 rings (SSSR count). The first-order chi connectivity index (χ1) is 9.83. The van der Waals surface area contributed by atoms with Gasteiger partial charge < -0.3 is 5.73 Å². The van der Waals surface area contributed by atoms with Crippen LogP contribution in [0.5, 0.6) is 0 Å². The fraction of sp³-hybridized carbons (Fsp3) is 0.200. The average molecular weight is 308 g/mol. The van der Waals surface area contributed by atoms with Gasteiger partial charge in [0.15, 0.2) is 0 Å². The highest BCUT2D eigenvalue weighted by Crippen LogP contribution is 2.23. The van der Waals surface area contributed by atoms with Gasteiger partial charge in [0.05, 0.1) is 4.90 Å². The minimum Gasteiger partial charge on any atom is -0.398 e. The Kier molecular flexibility index (Phi) is 4.29. The molecule has 0 fully saturated rings. The Morgan fingerprint density at radius 2 is 1.81 bits per heavy atom. The van der Waals surface area contributed by atoms with Gasteiger partial charge in [-0.05, 0) is 37.6 Å². The molecule has 112 valence electrons. The lowest BCUT2D eigenvalue weighted by Gasteiger charge is -2.17. The molecule has 2 aromatic rings. The number of nitrogens with one attached hydrogen (secondary N) is 1. The summed E-state index contributed by atoms with van der Waals surface area (Å²) in [5, 5.41) is 0. The first kappa shape index (κ1) is 15.5. The Bertz CT molecular complexity index is 760. The molecule has 2 aromatic carbocycles. The molecule has 21 heavy (non-hydrogen) atoms. The number of hydrogen-bond donors (Lipinski definition) is 2. The predicted octanol–water partition coefficient (Wildman–Crippen LogP) is 2.76. The van der Waals surface area contributed by atoms with Gasteiger partial charge in [-0.1, -0.05) is 24.3 Å². The first-order valence-electron chi connectivity index (χ1n) is 6.45. The molecule has 1 atom stereocenters. The number of rotatable bonds is 4. The van der Waals surface area contributed by atoms with Crippen molar-refractivity contribution >= 4 is 15.7 Å². The van der Waals surface area contributed by atoms with Crippen LogP contribution in [-0.2, 0) is 10.0 Å². The topological polar surface area (TPSA) is 72.2 Å². The van der Waals surface area contributed by atoms with Crippen LogP contribution >= 0.6 is 0 Å². The van der Waals surface area contributed by atoms with Crippen LogP contribution in [0.3, 0.4) is 0 Å². The molecule has 0 heterocycles. The summed E-state index contributed by atoms with van der Waals surface area (Å²) >= 11 is 0. The van der Waals surface area contributed by atoms with Crippen molar-refractivity contribution in [1.29, 1.82) is 0 Å². The molecule has 0 bridgehead atoms. The molecule has 0 amide bonds. The largest absolute Gasteiger partial charge is 0.398 e. The second-order valence-corrected chi connectivity index (χ2v) is 6.52. The Balaban J connectivity index is 2.34. The number of anilines is 1. The summed E-state index contributed by atoms with van der Waals surface area (Å²) in [6.07, 6.45) is 0. The maximum absolute atomic E-state index is 13.7. The number of benzene rings is 2. The van der Waals surface area contributed by atoms with Gasteiger partial charge in [-0.25, -0.2) is 17.5 Å². The fourth-order valence-corrected chi connectivity index (χ4v) is 3.61. The molecule has 0 saturated heterocycles. The normalized spacial score (nSPS) is 13.1. The lowest BCUT2D eigenvalue weighted by molar-refractivity contribution is 0.549. The SMILES string of the molecule is Cc1c(N)cccc1S(=O)(=O)NC(C)c1ccccc1F. The zero-order valence-corrected chi connectivity index (χ0v) is 12.6. The van der Waals surface area contributed by atoms with E-state index in [4.69, 9.17) is 5.73 Å².